The first kappa shape index (κ1) is 11.4. The number of ether oxygens (including phenoxy) is 1. The molecule has 2 aromatic carbocycles. The fraction of sp³-hybridized carbons (Fsp3) is 0.125. The average Bonchev–Trinajstić information content (AvgIpc) is 2.39. The van der Waals surface area contributed by atoms with Crippen LogP contribution in [0.1, 0.15) is 24.2 Å². The zero-order valence-corrected chi connectivity index (χ0v) is 10.8. The van der Waals surface area contributed by atoms with E-state index in [0.717, 1.165) is 21.9 Å². The van der Waals surface area contributed by atoms with E-state index >= 15 is 0 Å². The molecule has 0 saturated heterocycles. The van der Waals surface area contributed by atoms with E-state index < -0.39 is 0 Å². The zero-order valence-electron chi connectivity index (χ0n) is 10.1. The lowest BCUT2D eigenvalue weighted by atomic mass is 9.98. The molecule has 0 bridgehead atoms. The van der Waals surface area contributed by atoms with Gasteiger partial charge < -0.3 is 4.74 Å². The molecule has 0 amide bonds. The molecule has 0 aromatic heterocycles. The van der Waals surface area contributed by atoms with Crippen LogP contribution in [0.3, 0.4) is 0 Å². The molecular weight excluding hydrogens is 244 g/mol. The van der Waals surface area contributed by atoms with E-state index in [2.05, 4.69) is 19.1 Å². The second-order valence-electron chi connectivity index (χ2n) is 4.44. The largest absolute Gasteiger partial charge is 0.481 e. The second-order valence-corrected chi connectivity index (χ2v) is 4.88. The van der Waals surface area contributed by atoms with Crippen molar-refractivity contribution in [1.29, 1.82) is 0 Å². The van der Waals surface area contributed by atoms with Crippen LogP contribution in [0.4, 0.5) is 0 Å². The molecule has 1 aliphatic rings. The Kier molecular flexibility index (Phi) is 2.85. The van der Waals surface area contributed by atoms with Crippen LogP contribution in [-0.4, -0.2) is 0 Å². The van der Waals surface area contributed by atoms with Crippen LogP contribution in [0.2, 0.25) is 5.02 Å². The summed E-state index contributed by atoms with van der Waals surface area (Å²) in [5, 5.41) is 0.737. The van der Waals surface area contributed by atoms with Crippen molar-refractivity contribution in [3.63, 3.8) is 0 Å². The van der Waals surface area contributed by atoms with Crippen LogP contribution in [-0.2, 0) is 0 Å². The van der Waals surface area contributed by atoms with Gasteiger partial charge in [0, 0.05) is 10.6 Å². The van der Waals surface area contributed by atoms with Crippen molar-refractivity contribution in [2.75, 3.05) is 0 Å². The number of para-hydroxylation sites is 1. The maximum Gasteiger partial charge on any atom is 0.143 e. The SMILES string of the molecule is CC1=C[C@H](c2cccc(Cl)c2)Oc2ccccc21. The highest BCUT2D eigenvalue weighted by molar-refractivity contribution is 6.30. The molecule has 90 valence electrons. The highest BCUT2D eigenvalue weighted by Crippen LogP contribution is 2.37. The molecule has 2 heteroatoms. The molecule has 3 rings (SSSR count). The van der Waals surface area contributed by atoms with Gasteiger partial charge in [0.2, 0.25) is 0 Å². The van der Waals surface area contributed by atoms with Crippen LogP contribution in [0.25, 0.3) is 5.57 Å². The van der Waals surface area contributed by atoms with Crippen molar-refractivity contribution < 1.29 is 4.74 Å². The second kappa shape index (κ2) is 4.51. The number of rotatable bonds is 1. The molecule has 1 aliphatic heterocycles. The van der Waals surface area contributed by atoms with Crippen molar-refractivity contribution in [2.24, 2.45) is 0 Å². The Morgan fingerprint density at radius 3 is 2.72 bits per heavy atom. The summed E-state index contributed by atoms with van der Waals surface area (Å²) < 4.78 is 6.01. The molecule has 0 N–H and O–H groups in total. The summed E-state index contributed by atoms with van der Waals surface area (Å²) in [6, 6.07) is 15.9. The van der Waals surface area contributed by atoms with Crippen molar-refractivity contribution >= 4 is 17.2 Å². The topological polar surface area (TPSA) is 9.23 Å². The van der Waals surface area contributed by atoms with Crippen LogP contribution < -0.4 is 4.74 Å². The van der Waals surface area contributed by atoms with Crippen LogP contribution in [0, 0.1) is 0 Å². The molecule has 0 saturated carbocycles. The van der Waals surface area contributed by atoms with Crippen molar-refractivity contribution in [2.45, 2.75) is 13.0 Å². The first-order valence-corrected chi connectivity index (χ1v) is 6.32. The normalized spacial score (nSPS) is 17.7. The summed E-state index contributed by atoms with van der Waals surface area (Å²) in [7, 11) is 0. The van der Waals surface area contributed by atoms with Crippen LogP contribution in [0.5, 0.6) is 5.75 Å². The number of halogens is 1. The van der Waals surface area contributed by atoms with E-state index in [1.54, 1.807) is 0 Å². The van der Waals surface area contributed by atoms with E-state index in [1.807, 2.05) is 42.5 Å². The Hall–Kier alpha value is -1.73. The molecule has 18 heavy (non-hydrogen) atoms. The number of fused-ring (bicyclic) bond motifs is 1. The number of hydrogen-bond acceptors (Lipinski definition) is 1. The zero-order chi connectivity index (χ0) is 12.5. The van der Waals surface area contributed by atoms with Gasteiger partial charge in [-0.15, -0.1) is 0 Å². The summed E-state index contributed by atoms with van der Waals surface area (Å²) in [5.41, 5.74) is 3.48. The molecule has 1 nitrogen and oxygen atoms in total. The number of benzene rings is 2. The van der Waals surface area contributed by atoms with E-state index in [-0.39, 0.29) is 6.10 Å². The Labute approximate surface area is 112 Å². The molecule has 1 heterocycles. The molecular formula is C16H13ClO. The first-order chi connectivity index (χ1) is 8.74. The Morgan fingerprint density at radius 2 is 1.89 bits per heavy atom. The molecule has 2 aromatic rings. The quantitative estimate of drug-likeness (QED) is 0.707. The standard InChI is InChI=1S/C16H13ClO/c1-11-9-16(12-5-4-6-13(17)10-12)18-15-8-3-2-7-14(11)15/h2-10,16H,1H3/t16-/m1/s1. The summed E-state index contributed by atoms with van der Waals surface area (Å²) in [6.45, 7) is 2.11. The smallest absolute Gasteiger partial charge is 0.143 e. The third kappa shape index (κ3) is 2.02. The van der Waals surface area contributed by atoms with Gasteiger partial charge in [0.05, 0.1) is 0 Å². The van der Waals surface area contributed by atoms with E-state index in [1.165, 1.54) is 5.57 Å². The van der Waals surface area contributed by atoms with Gasteiger partial charge in [-0.05, 0) is 42.3 Å². The van der Waals surface area contributed by atoms with E-state index in [4.69, 9.17) is 16.3 Å². The maximum atomic E-state index is 6.02. The van der Waals surface area contributed by atoms with Gasteiger partial charge >= 0.3 is 0 Å². The number of hydrogen-bond donors (Lipinski definition) is 0. The Balaban J connectivity index is 2.02. The van der Waals surface area contributed by atoms with Crippen molar-refractivity contribution in [1.82, 2.24) is 0 Å². The minimum absolute atomic E-state index is 0.0569. The van der Waals surface area contributed by atoms with E-state index in [9.17, 15) is 0 Å². The highest BCUT2D eigenvalue weighted by Gasteiger charge is 2.19. The van der Waals surface area contributed by atoms with Gasteiger partial charge in [-0.25, -0.2) is 0 Å². The Bertz CT molecular complexity index is 616. The lowest BCUT2D eigenvalue weighted by Gasteiger charge is -2.24. The minimum Gasteiger partial charge on any atom is -0.481 e. The summed E-state index contributed by atoms with van der Waals surface area (Å²) >= 11 is 6.02. The molecule has 0 radical (unpaired) electrons. The predicted octanol–water partition coefficient (Wildman–Crippen LogP) is 4.88. The molecule has 1 atom stereocenters. The monoisotopic (exact) mass is 256 g/mol. The summed E-state index contributed by atoms with van der Waals surface area (Å²) in [6.07, 6.45) is 2.08. The lowest BCUT2D eigenvalue weighted by molar-refractivity contribution is 0.250. The average molecular weight is 257 g/mol. The van der Waals surface area contributed by atoms with Gasteiger partial charge in [0.25, 0.3) is 0 Å². The van der Waals surface area contributed by atoms with Gasteiger partial charge in [0.15, 0.2) is 0 Å². The van der Waals surface area contributed by atoms with Gasteiger partial charge in [0.1, 0.15) is 11.9 Å². The summed E-state index contributed by atoms with van der Waals surface area (Å²) in [5.74, 6) is 0.933. The fourth-order valence-electron chi connectivity index (χ4n) is 2.23. The first-order valence-electron chi connectivity index (χ1n) is 5.94. The van der Waals surface area contributed by atoms with Gasteiger partial charge in [-0.2, -0.15) is 0 Å². The summed E-state index contributed by atoms with van der Waals surface area (Å²) in [4.78, 5) is 0. The number of allylic oxidation sites excluding steroid dienone is 1. The van der Waals surface area contributed by atoms with Crippen LogP contribution in [0.15, 0.2) is 54.6 Å². The minimum atomic E-state index is -0.0569. The van der Waals surface area contributed by atoms with Crippen molar-refractivity contribution in [3.05, 3.63) is 70.8 Å². The third-order valence-corrected chi connectivity index (χ3v) is 3.38. The van der Waals surface area contributed by atoms with E-state index in [0.29, 0.717) is 0 Å². The fourth-order valence-corrected chi connectivity index (χ4v) is 2.43. The Morgan fingerprint density at radius 1 is 1.06 bits per heavy atom. The van der Waals surface area contributed by atoms with Gasteiger partial charge in [-0.1, -0.05) is 41.9 Å². The third-order valence-electron chi connectivity index (χ3n) is 3.14. The van der Waals surface area contributed by atoms with Gasteiger partial charge in [-0.3, -0.25) is 0 Å². The molecule has 0 aliphatic carbocycles. The molecule has 0 spiro atoms. The van der Waals surface area contributed by atoms with Crippen molar-refractivity contribution in [3.8, 4) is 5.75 Å². The lowest BCUT2D eigenvalue weighted by Crippen LogP contribution is -2.10. The highest BCUT2D eigenvalue weighted by atomic mass is 35.5. The maximum absolute atomic E-state index is 6.02. The predicted molar refractivity (Wildman–Crippen MR) is 74.9 cm³/mol. The van der Waals surface area contributed by atoms with Crippen LogP contribution >= 0.6 is 11.6 Å². The molecule has 0 unspecified atom stereocenters. The molecule has 0 fully saturated rings.